The van der Waals surface area contributed by atoms with Crippen LogP contribution in [-0.4, -0.2) is 12.2 Å². The highest BCUT2D eigenvalue weighted by atomic mass is 15.1. The number of hydrogen-bond acceptors (Lipinski definition) is 3. The molecule has 10 heavy (non-hydrogen) atoms. The summed E-state index contributed by atoms with van der Waals surface area (Å²) in [6.45, 7) is 5.98. The minimum Gasteiger partial charge on any atom is -0.308 e. The fourth-order valence-corrected chi connectivity index (χ4v) is 0.638. The fraction of sp³-hybridized carbons (Fsp3) is 0.857. The van der Waals surface area contributed by atoms with E-state index in [0.717, 1.165) is 0 Å². The van der Waals surface area contributed by atoms with Gasteiger partial charge < -0.3 is 5.32 Å². The van der Waals surface area contributed by atoms with Gasteiger partial charge in [-0.15, -0.1) is 0 Å². The molecule has 1 unspecified atom stereocenters. The average molecular weight is 145 g/mol. The molecule has 0 amide bonds. The van der Waals surface area contributed by atoms with E-state index in [-0.39, 0.29) is 15.0 Å². The first-order valence-electron chi connectivity index (χ1n) is 3.07. The molecule has 62 valence electrons. The van der Waals surface area contributed by atoms with Crippen LogP contribution >= 0.6 is 0 Å². The van der Waals surface area contributed by atoms with Gasteiger partial charge >= 0.3 is 0 Å². The average Bonchev–Trinajstić information content (AvgIpc) is 1.63. The summed E-state index contributed by atoms with van der Waals surface area (Å²) in [7, 11) is 0. The van der Waals surface area contributed by atoms with Gasteiger partial charge in [-0.3, -0.25) is 5.32 Å². The minimum absolute atomic E-state index is 0. The Labute approximate surface area is 64.9 Å². The largest absolute Gasteiger partial charge is 0.308 e. The van der Waals surface area contributed by atoms with Crippen LogP contribution in [0.4, 0.5) is 0 Å². The highest BCUT2D eigenvalue weighted by Crippen LogP contribution is 1.79. The van der Waals surface area contributed by atoms with Crippen LogP contribution in [-0.2, 0) is 0 Å². The highest BCUT2D eigenvalue weighted by Gasteiger charge is 1.98. The maximum atomic E-state index is 8.15. The zero-order valence-electron chi connectivity index (χ0n) is 6.10. The fourth-order valence-electron chi connectivity index (χ4n) is 0.638. The van der Waals surface area contributed by atoms with E-state index in [2.05, 4.69) is 10.6 Å². The predicted octanol–water partition coefficient (Wildman–Crippen LogP) is 1.28. The molecule has 0 heterocycles. The van der Waals surface area contributed by atoms with Crippen LogP contribution in [0.2, 0.25) is 0 Å². The lowest BCUT2D eigenvalue weighted by molar-refractivity contribution is 0.462. The van der Waals surface area contributed by atoms with Gasteiger partial charge in [-0.2, -0.15) is 5.26 Å². The van der Waals surface area contributed by atoms with Crippen LogP contribution in [0.1, 0.15) is 29.6 Å². The molecule has 0 fully saturated rings. The monoisotopic (exact) mass is 145 g/mol. The van der Waals surface area contributed by atoms with E-state index in [0.29, 0.717) is 6.04 Å². The standard InChI is InChI=1S/C6H13N3.CH4.H2/c1-5(2)9-6(3)8-4-7;;/h5-6,8-9H,1-3H3;1H4;1H. The second-order valence-electron chi connectivity index (χ2n) is 2.30. The Bertz CT molecular complexity index is 109. The van der Waals surface area contributed by atoms with E-state index < -0.39 is 0 Å². The van der Waals surface area contributed by atoms with E-state index in [1.54, 1.807) is 0 Å². The van der Waals surface area contributed by atoms with E-state index in [4.69, 9.17) is 5.26 Å². The normalized spacial score (nSPS) is 11.5. The molecule has 0 radical (unpaired) electrons. The number of rotatable bonds is 3. The maximum absolute atomic E-state index is 8.15. The van der Waals surface area contributed by atoms with Crippen molar-refractivity contribution in [3.05, 3.63) is 0 Å². The van der Waals surface area contributed by atoms with Gasteiger partial charge in [0.25, 0.3) is 0 Å². The zero-order chi connectivity index (χ0) is 7.28. The van der Waals surface area contributed by atoms with E-state index in [9.17, 15) is 0 Å². The van der Waals surface area contributed by atoms with E-state index in [1.165, 1.54) is 0 Å². The first kappa shape index (κ1) is 12.0. The summed E-state index contributed by atoms with van der Waals surface area (Å²) in [5.41, 5.74) is 0. The molecular weight excluding hydrogens is 126 g/mol. The minimum atomic E-state index is 0. The Morgan fingerprint density at radius 2 is 1.90 bits per heavy atom. The summed E-state index contributed by atoms with van der Waals surface area (Å²) in [4.78, 5) is 0. The van der Waals surface area contributed by atoms with Crippen molar-refractivity contribution in [3.63, 3.8) is 0 Å². The van der Waals surface area contributed by atoms with Gasteiger partial charge in [-0.1, -0.05) is 7.43 Å². The molecule has 0 rings (SSSR count). The summed E-state index contributed by atoms with van der Waals surface area (Å²) >= 11 is 0. The zero-order valence-corrected chi connectivity index (χ0v) is 6.10. The number of nitrogens with one attached hydrogen (secondary N) is 2. The van der Waals surface area contributed by atoms with Crippen molar-refractivity contribution in [3.8, 4) is 6.19 Å². The third-order valence-electron chi connectivity index (χ3n) is 0.864. The molecule has 3 nitrogen and oxygen atoms in total. The molecule has 0 aliphatic heterocycles. The third-order valence-corrected chi connectivity index (χ3v) is 0.864. The van der Waals surface area contributed by atoms with Crippen LogP contribution in [0.3, 0.4) is 0 Å². The van der Waals surface area contributed by atoms with Crippen LogP contribution in [0, 0.1) is 11.5 Å². The van der Waals surface area contributed by atoms with E-state index in [1.807, 2.05) is 27.0 Å². The second kappa shape index (κ2) is 6.37. The Kier molecular flexibility index (Phi) is 7.63. The summed E-state index contributed by atoms with van der Waals surface area (Å²) in [5, 5.41) is 13.8. The van der Waals surface area contributed by atoms with Crippen molar-refractivity contribution in [2.45, 2.75) is 40.4 Å². The van der Waals surface area contributed by atoms with Crippen molar-refractivity contribution in [1.29, 1.82) is 5.26 Å². The SMILES string of the molecule is C.CC(C)NC(C)NC#N.[HH]. The smallest absolute Gasteiger partial charge is 0.177 e. The number of nitriles is 1. The lowest BCUT2D eigenvalue weighted by atomic mass is 10.4. The molecule has 0 aliphatic rings. The molecule has 0 aromatic heterocycles. The molecule has 0 saturated heterocycles. The highest BCUT2D eigenvalue weighted by molar-refractivity contribution is 4.71. The summed E-state index contributed by atoms with van der Waals surface area (Å²) < 4.78 is 0. The maximum Gasteiger partial charge on any atom is 0.177 e. The summed E-state index contributed by atoms with van der Waals surface area (Å²) in [6.07, 6.45) is 1.94. The van der Waals surface area contributed by atoms with Gasteiger partial charge in [-0.05, 0) is 20.8 Å². The Balaban J connectivity index is -0.000000320. The predicted molar refractivity (Wildman–Crippen MR) is 45.3 cm³/mol. The topological polar surface area (TPSA) is 47.8 Å². The lowest BCUT2D eigenvalue weighted by Crippen LogP contribution is -2.40. The van der Waals surface area contributed by atoms with Crippen molar-refractivity contribution >= 4 is 0 Å². The lowest BCUT2D eigenvalue weighted by Gasteiger charge is -2.13. The van der Waals surface area contributed by atoms with Gasteiger partial charge in [0, 0.05) is 7.47 Å². The molecule has 2 N–H and O–H groups in total. The molecule has 1 atom stereocenters. The van der Waals surface area contributed by atoms with Crippen LogP contribution < -0.4 is 10.6 Å². The molecule has 3 heteroatoms. The third kappa shape index (κ3) is 7.25. The molecule has 0 bridgehead atoms. The molecule has 0 spiro atoms. The molecule has 0 aromatic carbocycles. The second-order valence-corrected chi connectivity index (χ2v) is 2.30. The van der Waals surface area contributed by atoms with Gasteiger partial charge in [-0.25, -0.2) is 0 Å². The van der Waals surface area contributed by atoms with Gasteiger partial charge in [0.1, 0.15) is 0 Å². The first-order valence-corrected chi connectivity index (χ1v) is 3.07. The number of nitrogens with zero attached hydrogens (tertiary/aromatic N) is 1. The molecular formula is C7H19N3. The summed E-state index contributed by atoms with van der Waals surface area (Å²) in [5.74, 6) is 0. The molecule has 0 saturated carbocycles. The Hall–Kier alpha value is -0.750. The molecule has 0 aliphatic carbocycles. The van der Waals surface area contributed by atoms with Gasteiger partial charge in [0.2, 0.25) is 0 Å². The van der Waals surface area contributed by atoms with Crippen LogP contribution in [0.25, 0.3) is 0 Å². The van der Waals surface area contributed by atoms with Gasteiger partial charge in [0.05, 0.1) is 6.17 Å². The first-order chi connectivity index (χ1) is 4.16. The van der Waals surface area contributed by atoms with Crippen LogP contribution in [0.5, 0.6) is 0 Å². The van der Waals surface area contributed by atoms with Crippen molar-refractivity contribution < 1.29 is 1.43 Å². The summed E-state index contributed by atoms with van der Waals surface area (Å²) in [6, 6.07) is 0.417. The van der Waals surface area contributed by atoms with E-state index >= 15 is 0 Å². The van der Waals surface area contributed by atoms with Crippen molar-refractivity contribution in [1.82, 2.24) is 10.6 Å². The van der Waals surface area contributed by atoms with Crippen molar-refractivity contribution in [2.75, 3.05) is 0 Å². The number of hydrogen-bond donors (Lipinski definition) is 2. The molecule has 0 aromatic rings. The Morgan fingerprint density at radius 1 is 1.40 bits per heavy atom. The Morgan fingerprint density at radius 3 is 2.20 bits per heavy atom. The van der Waals surface area contributed by atoms with Gasteiger partial charge in [0.15, 0.2) is 6.19 Å². The van der Waals surface area contributed by atoms with Crippen LogP contribution in [0.15, 0.2) is 0 Å². The van der Waals surface area contributed by atoms with Crippen molar-refractivity contribution in [2.24, 2.45) is 0 Å². The quantitative estimate of drug-likeness (QED) is 0.357.